The van der Waals surface area contributed by atoms with Gasteiger partial charge in [0.2, 0.25) is 0 Å². The lowest BCUT2D eigenvalue weighted by atomic mass is 9.94. The fraction of sp³-hybridized carbons (Fsp3) is 0. The number of thiophene rings is 1. The summed E-state index contributed by atoms with van der Waals surface area (Å²) < 4.78 is 2.49. The third-order valence-electron chi connectivity index (χ3n) is 9.73. The minimum atomic E-state index is 0.641. The van der Waals surface area contributed by atoms with E-state index in [1.165, 1.54) is 30.9 Å². The molecule has 0 amide bonds. The third-order valence-corrected chi connectivity index (χ3v) is 10.9. The maximum Gasteiger partial charge on any atom is 0.164 e. The summed E-state index contributed by atoms with van der Waals surface area (Å²) in [6.07, 6.45) is 0. The molecule has 8 aromatic carbocycles. The molecule has 0 spiro atoms. The number of benzene rings is 8. The predicted molar refractivity (Wildman–Crippen MR) is 215 cm³/mol. The normalized spacial score (nSPS) is 11.5. The van der Waals surface area contributed by atoms with Gasteiger partial charge in [-0.1, -0.05) is 152 Å². The molecular formula is C47H29N3S. The first-order chi connectivity index (χ1) is 25.3. The molecule has 0 bridgehead atoms. The van der Waals surface area contributed by atoms with Crippen molar-refractivity contribution in [2.45, 2.75) is 0 Å². The minimum Gasteiger partial charge on any atom is -0.208 e. The fourth-order valence-corrected chi connectivity index (χ4v) is 8.41. The zero-order valence-electron chi connectivity index (χ0n) is 27.5. The van der Waals surface area contributed by atoms with Crippen LogP contribution >= 0.6 is 11.3 Å². The SMILES string of the molecule is c1ccc(-c2ccc(-c3nc(-c4ccc5c(c4)sc4ccccc45)nc(-c4cccc5ccc6ccccc6c45)n3)c(-c3ccccc3)c2)cc1. The molecule has 10 aromatic rings. The summed E-state index contributed by atoms with van der Waals surface area (Å²) >= 11 is 1.80. The molecule has 2 aromatic heterocycles. The van der Waals surface area contributed by atoms with E-state index in [1.807, 2.05) is 0 Å². The van der Waals surface area contributed by atoms with Gasteiger partial charge in [0, 0.05) is 42.2 Å². The number of hydrogen-bond donors (Lipinski definition) is 0. The maximum absolute atomic E-state index is 5.32. The Bertz CT molecular complexity index is 2910. The van der Waals surface area contributed by atoms with Crippen molar-refractivity contribution in [1.29, 1.82) is 0 Å². The lowest BCUT2D eigenvalue weighted by Crippen LogP contribution is -2.02. The van der Waals surface area contributed by atoms with Gasteiger partial charge >= 0.3 is 0 Å². The van der Waals surface area contributed by atoms with Crippen molar-refractivity contribution in [3.05, 3.63) is 176 Å². The topological polar surface area (TPSA) is 38.7 Å². The molecule has 0 atom stereocenters. The van der Waals surface area contributed by atoms with Crippen LogP contribution in [0.2, 0.25) is 0 Å². The van der Waals surface area contributed by atoms with Crippen LogP contribution in [0, 0.1) is 0 Å². The zero-order chi connectivity index (χ0) is 33.7. The highest BCUT2D eigenvalue weighted by molar-refractivity contribution is 7.25. The Morgan fingerprint density at radius 2 is 0.941 bits per heavy atom. The lowest BCUT2D eigenvalue weighted by Gasteiger charge is -2.15. The van der Waals surface area contributed by atoms with Crippen LogP contribution in [0.3, 0.4) is 0 Å². The second-order valence-corrected chi connectivity index (χ2v) is 13.9. The van der Waals surface area contributed by atoms with Gasteiger partial charge in [-0.15, -0.1) is 11.3 Å². The van der Waals surface area contributed by atoms with Gasteiger partial charge in [-0.05, 0) is 62.7 Å². The molecular weight excluding hydrogens is 639 g/mol. The van der Waals surface area contributed by atoms with Crippen LogP contribution in [0.4, 0.5) is 0 Å². The van der Waals surface area contributed by atoms with Crippen LogP contribution in [-0.4, -0.2) is 15.0 Å². The van der Waals surface area contributed by atoms with Crippen LogP contribution < -0.4 is 0 Å². The summed E-state index contributed by atoms with van der Waals surface area (Å²) in [5.41, 5.74) is 7.39. The Hall–Kier alpha value is -6.49. The summed E-state index contributed by atoms with van der Waals surface area (Å²) in [4.78, 5) is 15.9. The molecule has 3 nitrogen and oxygen atoms in total. The standard InChI is InChI=1S/C47H29N3S/c1-3-12-30(13-4-1)34-24-27-39(41(28-34)31-14-5-2-6-15-31)46-48-45(35-25-26-38-37-19-9-10-21-42(37)51-43(38)29-35)49-47(50-46)40-20-11-17-33-23-22-32-16-7-8-18-36(32)44(33)40/h1-29H. The van der Waals surface area contributed by atoms with Crippen LogP contribution in [0.1, 0.15) is 0 Å². The van der Waals surface area contributed by atoms with E-state index in [-0.39, 0.29) is 0 Å². The first-order valence-electron chi connectivity index (χ1n) is 17.1. The molecule has 4 heteroatoms. The quantitative estimate of drug-likeness (QED) is 0.171. The zero-order valence-corrected chi connectivity index (χ0v) is 28.3. The maximum atomic E-state index is 5.32. The van der Waals surface area contributed by atoms with E-state index in [9.17, 15) is 0 Å². The van der Waals surface area contributed by atoms with Gasteiger partial charge in [0.25, 0.3) is 0 Å². The van der Waals surface area contributed by atoms with Gasteiger partial charge < -0.3 is 0 Å². The van der Waals surface area contributed by atoms with Gasteiger partial charge in [-0.2, -0.15) is 0 Å². The highest BCUT2D eigenvalue weighted by atomic mass is 32.1. The molecule has 0 fully saturated rings. The molecule has 10 rings (SSSR count). The van der Waals surface area contributed by atoms with Gasteiger partial charge in [0.05, 0.1) is 0 Å². The van der Waals surface area contributed by atoms with E-state index in [0.717, 1.165) is 49.7 Å². The van der Waals surface area contributed by atoms with Crippen LogP contribution in [0.15, 0.2) is 176 Å². The number of aromatic nitrogens is 3. The van der Waals surface area contributed by atoms with Crippen molar-refractivity contribution in [1.82, 2.24) is 15.0 Å². The highest BCUT2D eigenvalue weighted by Gasteiger charge is 2.19. The van der Waals surface area contributed by atoms with Crippen molar-refractivity contribution >= 4 is 53.1 Å². The Kier molecular flexibility index (Phi) is 7.00. The number of fused-ring (bicyclic) bond motifs is 6. The Morgan fingerprint density at radius 1 is 0.314 bits per heavy atom. The summed E-state index contributed by atoms with van der Waals surface area (Å²) in [5, 5.41) is 7.18. The third kappa shape index (κ3) is 5.16. The van der Waals surface area contributed by atoms with E-state index < -0.39 is 0 Å². The number of rotatable bonds is 5. The fourth-order valence-electron chi connectivity index (χ4n) is 7.26. The molecule has 0 saturated carbocycles. The van der Waals surface area contributed by atoms with Gasteiger partial charge in [-0.3, -0.25) is 0 Å². The molecule has 0 aliphatic heterocycles. The second-order valence-electron chi connectivity index (χ2n) is 12.8. The Morgan fingerprint density at radius 3 is 1.78 bits per heavy atom. The molecule has 51 heavy (non-hydrogen) atoms. The van der Waals surface area contributed by atoms with Gasteiger partial charge in [0.15, 0.2) is 17.5 Å². The summed E-state index contributed by atoms with van der Waals surface area (Å²) in [6.45, 7) is 0. The number of hydrogen-bond acceptors (Lipinski definition) is 4. The number of nitrogens with zero attached hydrogens (tertiary/aromatic N) is 3. The summed E-state index contributed by atoms with van der Waals surface area (Å²) in [6, 6.07) is 62.2. The van der Waals surface area contributed by atoms with E-state index in [4.69, 9.17) is 15.0 Å². The summed E-state index contributed by atoms with van der Waals surface area (Å²) in [7, 11) is 0. The second kappa shape index (κ2) is 12.1. The lowest BCUT2D eigenvalue weighted by molar-refractivity contribution is 1.08. The van der Waals surface area contributed by atoms with E-state index in [1.54, 1.807) is 11.3 Å². The largest absolute Gasteiger partial charge is 0.208 e. The smallest absolute Gasteiger partial charge is 0.164 e. The van der Waals surface area contributed by atoms with E-state index in [0.29, 0.717) is 17.5 Å². The minimum absolute atomic E-state index is 0.641. The van der Waals surface area contributed by atoms with Crippen molar-refractivity contribution in [2.75, 3.05) is 0 Å². The van der Waals surface area contributed by atoms with Crippen molar-refractivity contribution in [3.63, 3.8) is 0 Å². The molecule has 0 radical (unpaired) electrons. The molecule has 2 heterocycles. The highest BCUT2D eigenvalue weighted by Crippen LogP contribution is 2.40. The van der Waals surface area contributed by atoms with Gasteiger partial charge in [0.1, 0.15) is 0 Å². The molecule has 0 unspecified atom stereocenters. The van der Waals surface area contributed by atoms with Crippen LogP contribution in [-0.2, 0) is 0 Å². The van der Waals surface area contributed by atoms with Crippen LogP contribution in [0.5, 0.6) is 0 Å². The van der Waals surface area contributed by atoms with E-state index >= 15 is 0 Å². The van der Waals surface area contributed by atoms with Crippen LogP contribution in [0.25, 0.3) is 98.1 Å². The van der Waals surface area contributed by atoms with Gasteiger partial charge in [-0.25, -0.2) is 15.0 Å². The van der Waals surface area contributed by atoms with Crippen molar-refractivity contribution in [3.8, 4) is 56.4 Å². The Labute approximate surface area is 299 Å². The Balaban J connectivity index is 1.25. The summed E-state index contributed by atoms with van der Waals surface area (Å²) in [5.74, 6) is 1.94. The van der Waals surface area contributed by atoms with Crippen molar-refractivity contribution in [2.24, 2.45) is 0 Å². The molecule has 0 N–H and O–H groups in total. The molecule has 238 valence electrons. The van der Waals surface area contributed by atoms with E-state index in [2.05, 4.69) is 176 Å². The first-order valence-corrected chi connectivity index (χ1v) is 17.9. The van der Waals surface area contributed by atoms with Crippen molar-refractivity contribution < 1.29 is 0 Å². The average molecular weight is 668 g/mol. The molecule has 0 aliphatic carbocycles. The average Bonchev–Trinajstić information content (AvgIpc) is 3.59. The molecule has 0 saturated heterocycles. The predicted octanol–water partition coefficient (Wildman–Crippen LogP) is 12.9. The molecule has 0 aliphatic rings. The monoisotopic (exact) mass is 667 g/mol. The first kappa shape index (κ1) is 29.4.